The number of aromatic nitrogens is 2. The second kappa shape index (κ2) is 7.03. The van der Waals surface area contributed by atoms with Crippen LogP contribution in [0.4, 0.5) is 5.69 Å². The van der Waals surface area contributed by atoms with Gasteiger partial charge in [0.1, 0.15) is 5.52 Å². The molecule has 0 fully saturated rings. The zero-order chi connectivity index (χ0) is 17.8. The highest BCUT2D eigenvalue weighted by Crippen LogP contribution is 2.25. The second-order valence-corrected chi connectivity index (χ2v) is 5.68. The number of anilines is 1. The molecule has 4 aromatic rings. The number of nitrogens with one attached hydrogen (secondary N) is 1. The highest BCUT2D eigenvalue weighted by Gasteiger charge is 2.09. The quantitative estimate of drug-likeness (QED) is 0.553. The van der Waals surface area contributed by atoms with Crippen molar-refractivity contribution in [3.63, 3.8) is 0 Å². The first-order valence-electron chi connectivity index (χ1n) is 8.13. The van der Waals surface area contributed by atoms with Crippen LogP contribution in [0.1, 0.15) is 5.56 Å². The number of carbonyl (C=O) groups excluding carboxylic acids is 1. The molecule has 0 aliphatic carbocycles. The summed E-state index contributed by atoms with van der Waals surface area (Å²) in [5.41, 5.74) is 3.76. The van der Waals surface area contributed by atoms with E-state index in [0.29, 0.717) is 22.7 Å². The number of nitrogens with zero attached hydrogens (tertiary/aromatic N) is 2. The van der Waals surface area contributed by atoms with Gasteiger partial charge in [-0.1, -0.05) is 30.3 Å². The minimum absolute atomic E-state index is 0.204. The van der Waals surface area contributed by atoms with E-state index >= 15 is 0 Å². The van der Waals surface area contributed by atoms with Crippen molar-refractivity contribution in [2.45, 2.75) is 0 Å². The predicted octanol–water partition coefficient (Wildman–Crippen LogP) is 4.54. The van der Waals surface area contributed by atoms with Gasteiger partial charge in [0.15, 0.2) is 5.58 Å². The van der Waals surface area contributed by atoms with Crippen LogP contribution >= 0.6 is 0 Å². The molecular formula is C21H15N3O2. The lowest BCUT2D eigenvalue weighted by Gasteiger charge is -2.01. The van der Waals surface area contributed by atoms with Gasteiger partial charge in [-0.25, -0.2) is 4.98 Å². The van der Waals surface area contributed by atoms with E-state index in [1.165, 1.54) is 6.08 Å². The number of carbonyl (C=O) groups is 1. The summed E-state index contributed by atoms with van der Waals surface area (Å²) >= 11 is 0. The first kappa shape index (κ1) is 15.8. The Hall–Kier alpha value is -3.73. The smallest absolute Gasteiger partial charge is 0.248 e. The molecule has 0 aliphatic rings. The molecular weight excluding hydrogens is 326 g/mol. The van der Waals surface area contributed by atoms with Gasteiger partial charge in [0.2, 0.25) is 11.8 Å². The van der Waals surface area contributed by atoms with Crippen LogP contribution < -0.4 is 5.32 Å². The van der Waals surface area contributed by atoms with Gasteiger partial charge < -0.3 is 9.73 Å². The molecule has 0 saturated carbocycles. The largest absolute Gasteiger partial charge is 0.436 e. The standard InChI is InChI=1S/C21H15N3O2/c25-20(11-8-15-5-2-1-3-6-15)23-17-9-10-19-18(13-17)24-21(26-19)16-7-4-12-22-14-16/h1-14H,(H,23,25)/b11-8+. The maximum Gasteiger partial charge on any atom is 0.248 e. The lowest BCUT2D eigenvalue weighted by molar-refractivity contribution is -0.111. The van der Waals surface area contributed by atoms with E-state index in [1.807, 2.05) is 42.5 Å². The SMILES string of the molecule is O=C(/C=C/c1ccccc1)Nc1ccc2oc(-c3cccnc3)nc2c1. The maximum atomic E-state index is 12.1. The molecule has 0 spiro atoms. The van der Waals surface area contributed by atoms with Crippen molar-refractivity contribution in [2.24, 2.45) is 0 Å². The monoisotopic (exact) mass is 341 g/mol. The van der Waals surface area contributed by atoms with Crippen molar-refractivity contribution in [2.75, 3.05) is 5.32 Å². The topological polar surface area (TPSA) is 68.0 Å². The fraction of sp³-hybridized carbons (Fsp3) is 0. The van der Waals surface area contributed by atoms with Gasteiger partial charge in [0, 0.05) is 24.2 Å². The summed E-state index contributed by atoms with van der Waals surface area (Å²) in [6.45, 7) is 0. The van der Waals surface area contributed by atoms with E-state index < -0.39 is 0 Å². The molecule has 0 radical (unpaired) electrons. The summed E-state index contributed by atoms with van der Waals surface area (Å²) in [6.07, 6.45) is 6.67. The average molecular weight is 341 g/mol. The Kier molecular flexibility index (Phi) is 4.26. The molecule has 0 aliphatic heterocycles. The second-order valence-electron chi connectivity index (χ2n) is 5.68. The Bertz CT molecular complexity index is 1070. The summed E-state index contributed by atoms with van der Waals surface area (Å²) in [5.74, 6) is 0.296. The van der Waals surface area contributed by atoms with Crippen LogP contribution in [0.2, 0.25) is 0 Å². The third-order valence-corrected chi connectivity index (χ3v) is 3.79. The average Bonchev–Trinajstić information content (AvgIpc) is 3.11. The zero-order valence-corrected chi connectivity index (χ0v) is 13.8. The highest BCUT2D eigenvalue weighted by molar-refractivity contribution is 6.02. The molecule has 26 heavy (non-hydrogen) atoms. The molecule has 5 heteroatoms. The zero-order valence-electron chi connectivity index (χ0n) is 13.8. The number of hydrogen-bond donors (Lipinski definition) is 1. The van der Waals surface area contributed by atoms with Gasteiger partial charge in [-0.15, -0.1) is 0 Å². The van der Waals surface area contributed by atoms with Gasteiger partial charge in [0.25, 0.3) is 0 Å². The number of pyridine rings is 1. The number of fused-ring (bicyclic) bond motifs is 1. The van der Waals surface area contributed by atoms with Gasteiger partial charge in [0.05, 0.1) is 5.56 Å². The Morgan fingerprint density at radius 3 is 2.73 bits per heavy atom. The number of oxazole rings is 1. The number of hydrogen-bond acceptors (Lipinski definition) is 4. The first-order chi connectivity index (χ1) is 12.8. The molecule has 4 rings (SSSR count). The normalized spacial score (nSPS) is 11.1. The van der Waals surface area contributed by atoms with Gasteiger partial charge in [-0.2, -0.15) is 0 Å². The minimum Gasteiger partial charge on any atom is -0.436 e. The fourth-order valence-electron chi connectivity index (χ4n) is 2.54. The predicted molar refractivity (Wildman–Crippen MR) is 101 cm³/mol. The van der Waals surface area contributed by atoms with Crippen LogP contribution in [0.5, 0.6) is 0 Å². The molecule has 1 N–H and O–H groups in total. The minimum atomic E-state index is -0.204. The van der Waals surface area contributed by atoms with E-state index in [4.69, 9.17) is 4.42 Å². The van der Waals surface area contributed by atoms with Crippen LogP contribution in [0, 0.1) is 0 Å². The van der Waals surface area contributed by atoms with E-state index in [0.717, 1.165) is 11.1 Å². The molecule has 126 valence electrons. The van der Waals surface area contributed by atoms with E-state index in [1.54, 1.807) is 36.7 Å². The Morgan fingerprint density at radius 1 is 1.04 bits per heavy atom. The molecule has 0 unspecified atom stereocenters. The van der Waals surface area contributed by atoms with Crippen molar-refractivity contribution in [1.82, 2.24) is 9.97 Å². The maximum absolute atomic E-state index is 12.1. The molecule has 2 aromatic heterocycles. The number of rotatable bonds is 4. The van der Waals surface area contributed by atoms with Crippen LogP contribution in [0.15, 0.2) is 83.6 Å². The van der Waals surface area contributed by atoms with Gasteiger partial charge in [-0.05, 0) is 42.0 Å². The molecule has 1 amide bonds. The summed E-state index contributed by atoms with van der Waals surface area (Å²) in [6, 6.07) is 18.7. The first-order valence-corrected chi connectivity index (χ1v) is 8.13. The fourth-order valence-corrected chi connectivity index (χ4v) is 2.54. The Labute approximate surface area is 150 Å². The number of benzene rings is 2. The summed E-state index contributed by atoms with van der Waals surface area (Å²) in [5, 5.41) is 2.83. The Balaban J connectivity index is 1.52. The van der Waals surface area contributed by atoms with Crippen LogP contribution in [-0.2, 0) is 4.79 Å². The van der Waals surface area contributed by atoms with Crippen molar-refractivity contribution < 1.29 is 9.21 Å². The lowest BCUT2D eigenvalue weighted by atomic mass is 10.2. The van der Waals surface area contributed by atoms with Crippen molar-refractivity contribution in [1.29, 1.82) is 0 Å². The summed E-state index contributed by atoms with van der Waals surface area (Å²) < 4.78 is 5.74. The molecule has 0 bridgehead atoms. The third-order valence-electron chi connectivity index (χ3n) is 3.79. The van der Waals surface area contributed by atoms with E-state index in [-0.39, 0.29) is 5.91 Å². The van der Waals surface area contributed by atoms with Crippen molar-refractivity contribution >= 4 is 28.8 Å². The molecule has 2 aromatic carbocycles. The molecule has 2 heterocycles. The molecule has 5 nitrogen and oxygen atoms in total. The van der Waals surface area contributed by atoms with Crippen molar-refractivity contribution in [3.8, 4) is 11.5 Å². The number of amides is 1. The highest BCUT2D eigenvalue weighted by atomic mass is 16.3. The molecule has 0 atom stereocenters. The summed E-state index contributed by atoms with van der Waals surface area (Å²) in [7, 11) is 0. The third kappa shape index (κ3) is 3.52. The van der Waals surface area contributed by atoms with Gasteiger partial charge >= 0.3 is 0 Å². The van der Waals surface area contributed by atoms with E-state index in [9.17, 15) is 4.79 Å². The molecule has 0 saturated heterocycles. The van der Waals surface area contributed by atoms with E-state index in [2.05, 4.69) is 15.3 Å². The summed E-state index contributed by atoms with van der Waals surface area (Å²) in [4.78, 5) is 20.6. The van der Waals surface area contributed by atoms with Crippen molar-refractivity contribution in [3.05, 3.63) is 84.7 Å². The van der Waals surface area contributed by atoms with Crippen LogP contribution in [-0.4, -0.2) is 15.9 Å². The Morgan fingerprint density at radius 2 is 1.92 bits per heavy atom. The van der Waals surface area contributed by atoms with Crippen LogP contribution in [0.3, 0.4) is 0 Å². The lowest BCUT2D eigenvalue weighted by Crippen LogP contribution is -2.07. The van der Waals surface area contributed by atoms with Gasteiger partial charge in [-0.3, -0.25) is 9.78 Å². The van der Waals surface area contributed by atoms with Crippen LogP contribution in [0.25, 0.3) is 28.6 Å².